The van der Waals surface area contributed by atoms with Crippen molar-refractivity contribution in [2.75, 3.05) is 5.73 Å². The highest BCUT2D eigenvalue weighted by Crippen LogP contribution is 2.21. The normalized spacial score (nSPS) is 10.7. The quantitative estimate of drug-likeness (QED) is 0.730. The summed E-state index contributed by atoms with van der Waals surface area (Å²) < 4.78 is 13.0. The van der Waals surface area contributed by atoms with Crippen molar-refractivity contribution in [2.45, 2.75) is 13.3 Å². The van der Waals surface area contributed by atoms with Gasteiger partial charge in [0, 0.05) is 23.7 Å². The summed E-state index contributed by atoms with van der Waals surface area (Å²) >= 11 is 0. The summed E-state index contributed by atoms with van der Waals surface area (Å²) in [5.74, 6) is 0.234. The molecule has 1 heterocycles. The first kappa shape index (κ1) is 15.0. The van der Waals surface area contributed by atoms with Gasteiger partial charge >= 0.3 is 0 Å². The van der Waals surface area contributed by atoms with Gasteiger partial charge in [-0.05, 0) is 36.2 Å². The summed E-state index contributed by atoms with van der Waals surface area (Å²) in [7, 11) is 0. The molecule has 2 aromatic carbocycles. The number of nitrogens with two attached hydrogens (primary N) is 1. The number of aryl methyl sites for hydroxylation is 1. The molecule has 3 rings (SSSR count). The van der Waals surface area contributed by atoms with E-state index in [1.54, 1.807) is 18.2 Å². The summed E-state index contributed by atoms with van der Waals surface area (Å²) in [4.78, 5) is 19.1. The molecule has 116 valence electrons. The molecule has 3 N–H and O–H groups in total. The summed E-state index contributed by atoms with van der Waals surface area (Å²) in [5, 5.41) is 0. The van der Waals surface area contributed by atoms with Crippen molar-refractivity contribution in [3.63, 3.8) is 0 Å². The Balaban J connectivity index is 1.97. The molecule has 4 nitrogen and oxygen atoms in total. The van der Waals surface area contributed by atoms with Gasteiger partial charge in [0.15, 0.2) is 0 Å². The van der Waals surface area contributed by atoms with Crippen LogP contribution in [0.25, 0.3) is 11.3 Å². The van der Waals surface area contributed by atoms with Crippen molar-refractivity contribution in [3.8, 4) is 11.3 Å². The van der Waals surface area contributed by atoms with Crippen LogP contribution in [0.3, 0.4) is 0 Å². The van der Waals surface area contributed by atoms with Gasteiger partial charge in [0.05, 0.1) is 5.69 Å². The molecule has 0 spiro atoms. The minimum absolute atomic E-state index is 0.230. The van der Waals surface area contributed by atoms with E-state index < -0.39 is 0 Å². The minimum atomic E-state index is -0.293. The maximum atomic E-state index is 13.0. The van der Waals surface area contributed by atoms with Gasteiger partial charge in [-0.15, -0.1) is 0 Å². The summed E-state index contributed by atoms with van der Waals surface area (Å²) in [6, 6.07) is 13.1. The fourth-order valence-electron chi connectivity index (χ4n) is 2.34. The Morgan fingerprint density at radius 1 is 1.13 bits per heavy atom. The van der Waals surface area contributed by atoms with Crippen molar-refractivity contribution < 1.29 is 4.39 Å². The van der Waals surface area contributed by atoms with Gasteiger partial charge in [-0.25, -0.2) is 9.37 Å². The Bertz CT molecular complexity index is 901. The molecule has 3 aromatic rings. The van der Waals surface area contributed by atoms with Crippen LogP contribution in [0.5, 0.6) is 0 Å². The molecule has 0 saturated heterocycles. The van der Waals surface area contributed by atoms with Crippen LogP contribution in [0, 0.1) is 12.7 Å². The van der Waals surface area contributed by atoms with E-state index in [0.29, 0.717) is 23.6 Å². The summed E-state index contributed by atoms with van der Waals surface area (Å²) in [6.45, 7) is 1.92. The third-order valence-electron chi connectivity index (χ3n) is 3.65. The van der Waals surface area contributed by atoms with Crippen molar-refractivity contribution in [1.29, 1.82) is 0 Å². The largest absolute Gasteiger partial charge is 0.398 e. The lowest BCUT2D eigenvalue weighted by Crippen LogP contribution is -2.11. The zero-order valence-electron chi connectivity index (χ0n) is 12.6. The Labute approximate surface area is 132 Å². The first-order valence-corrected chi connectivity index (χ1v) is 7.22. The zero-order valence-corrected chi connectivity index (χ0v) is 12.6. The lowest BCUT2D eigenvalue weighted by molar-refractivity contribution is 0.627. The number of nitrogens with zero attached hydrogens (tertiary/aromatic N) is 1. The Hall–Kier alpha value is -2.95. The van der Waals surface area contributed by atoms with E-state index in [0.717, 1.165) is 16.7 Å². The number of benzene rings is 2. The van der Waals surface area contributed by atoms with Crippen molar-refractivity contribution in [1.82, 2.24) is 9.97 Å². The number of nitrogen functional groups attached to an aromatic ring is 1. The number of halogens is 1. The van der Waals surface area contributed by atoms with Gasteiger partial charge in [-0.3, -0.25) is 4.79 Å². The van der Waals surface area contributed by atoms with Crippen molar-refractivity contribution in [2.24, 2.45) is 0 Å². The Morgan fingerprint density at radius 3 is 2.57 bits per heavy atom. The molecular weight excluding hydrogens is 293 g/mol. The number of anilines is 1. The monoisotopic (exact) mass is 309 g/mol. The van der Waals surface area contributed by atoms with Crippen LogP contribution in [0.2, 0.25) is 0 Å². The van der Waals surface area contributed by atoms with Gasteiger partial charge in [0.1, 0.15) is 11.6 Å². The molecule has 0 unspecified atom stereocenters. The van der Waals surface area contributed by atoms with E-state index in [9.17, 15) is 9.18 Å². The maximum Gasteiger partial charge on any atom is 0.251 e. The van der Waals surface area contributed by atoms with Crippen LogP contribution in [0.4, 0.5) is 10.1 Å². The average molecular weight is 309 g/mol. The van der Waals surface area contributed by atoms with Crippen LogP contribution in [-0.4, -0.2) is 9.97 Å². The molecule has 0 radical (unpaired) electrons. The van der Waals surface area contributed by atoms with Crippen LogP contribution in [0.1, 0.15) is 17.0 Å². The molecule has 0 amide bonds. The summed E-state index contributed by atoms with van der Waals surface area (Å²) in [5.41, 5.74) is 9.56. The Morgan fingerprint density at radius 2 is 1.87 bits per heavy atom. The van der Waals surface area contributed by atoms with Gasteiger partial charge in [-0.2, -0.15) is 0 Å². The molecule has 5 heteroatoms. The number of nitrogens with one attached hydrogen (secondary N) is 1. The summed E-state index contributed by atoms with van der Waals surface area (Å²) in [6.07, 6.45) is 0.421. The number of hydrogen-bond donors (Lipinski definition) is 2. The van der Waals surface area contributed by atoms with Gasteiger partial charge < -0.3 is 10.7 Å². The first-order chi connectivity index (χ1) is 11.0. The maximum absolute atomic E-state index is 13.0. The molecule has 1 aromatic heterocycles. The van der Waals surface area contributed by atoms with E-state index in [2.05, 4.69) is 9.97 Å². The zero-order chi connectivity index (χ0) is 16.4. The third kappa shape index (κ3) is 3.45. The predicted molar refractivity (Wildman–Crippen MR) is 88.6 cm³/mol. The molecular formula is C18H16FN3O. The standard InChI is InChI=1S/C18H16FN3O/c1-11-2-5-13(9-15(11)20)16-10-18(23)22-17(21-16)8-12-3-6-14(19)7-4-12/h2-7,9-10H,8,20H2,1H3,(H,21,22,23). The van der Waals surface area contributed by atoms with Crippen LogP contribution in [-0.2, 0) is 6.42 Å². The highest BCUT2D eigenvalue weighted by atomic mass is 19.1. The number of hydrogen-bond acceptors (Lipinski definition) is 3. The lowest BCUT2D eigenvalue weighted by atomic mass is 10.1. The van der Waals surface area contributed by atoms with Crippen LogP contribution >= 0.6 is 0 Å². The van der Waals surface area contributed by atoms with Gasteiger partial charge in [-0.1, -0.05) is 24.3 Å². The fraction of sp³-hybridized carbons (Fsp3) is 0.111. The number of H-pyrrole nitrogens is 1. The SMILES string of the molecule is Cc1ccc(-c2cc(=O)[nH]c(Cc3ccc(F)cc3)n2)cc1N. The number of rotatable bonds is 3. The lowest BCUT2D eigenvalue weighted by Gasteiger charge is -2.07. The topological polar surface area (TPSA) is 71.8 Å². The second-order valence-corrected chi connectivity index (χ2v) is 5.45. The first-order valence-electron chi connectivity index (χ1n) is 7.22. The molecule has 0 aliphatic carbocycles. The van der Waals surface area contributed by atoms with Crippen molar-refractivity contribution >= 4 is 5.69 Å². The third-order valence-corrected chi connectivity index (χ3v) is 3.65. The molecule has 0 fully saturated rings. The molecule has 0 bridgehead atoms. The molecule has 0 aliphatic heterocycles. The smallest absolute Gasteiger partial charge is 0.251 e. The highest BCUT2D eigenvalue weighted by molar-refractivity contribution is 5.65. The van der Waals surface area contributed by atoms with E-state index in [1.165, 1.54) is 18.2 Å². The van der Waals surface area contributed by atoms with E-state index in [1.807, 2.05) is 19.1 Å². The molecule has 0 aliphatic rings. The molecule has 0 atom stereocenters. The minimum Gasteiger partial charge on any atom is -0.398 e. The van der Waals surface area contributed by atoms with Gasteiger partial charge in [0.25, 0.3) is 5.56 Å². The van der Waals surface area contributed by atoms with E-state index in [4.69, 9.17) is 5.73 Å². The number of aromatic amines is 1. The second kappa shape index (κ2) is 6.04. The molecule has 0 saturated carbocycles. The van der Waals surface area contributed by atoms with Crippen molar-refractivity contribution in [3.05, 3.63) is 81.7 Å². The number of aromatic nitrogens is 2. The highest BCUT2D eigenvalue weighted by Gasteiger charge is 2.07. The van der Waals surface area contributed by atoms with Crippen LogP contribution < -0.4 is 11.3 Å². The van der Waals surface area contributed by atoms with E-state index in [-0.39, 0.29) is 11.4 Å². The fourth-order valence-corrected chi connectivity index (χ4v) is 2.34. The second-order valence-electron chi connectivity index (χ2n) is 5.45. The Kier molecular flexibility index (Phi) is 3.93. The van der Waals surface area contributed by atoms with Gasteiger partial charge in [0.2, 0.25) is 0 Å². The average Bonchev–Trinajstić information content (AvgIpc) is 2.52. The van der Waals surface area contributed by atoms with E-state index >= 15 is 0 Å². The molecule has 23 heavy (non-hydrogen) atoms. The van der Waals surface area contributed by atoms with Crippen LogP contribution in [0.15, 0.2) is 53.3 Å². The predicted octanol–water partition coefficient (Wildman–Crippen LogP) is 3.06.